The van der Waals surface area contributed by atoms with Gasteiger partial charge in [0.25, 0.3) is 5.22 Å². The third kappa shape index (κ3) is 5.28. The van der Waals surface area contributed by atoms with Crippen LogP contribution in [0.15, 0.2) is 81.2 Å². The highest BCUT2D eigenvalue weighted by Crippen LogP contribution is 2.25. The Kier molecular flexibility index (Phi) is 6.46. The minimum Gasteiger partial charge on any atom is -0.467 e. The molecule has 0 bridgehead atoms. The molecule has 0 fully saturated rings. The molecule has 1 aromatic carbocycles. The molecule has 0 aliphatic heterocycles. The molecule has 0 aliphatic carbocycles. The summed E-state index contributed by atoms with van der Waals surface area (Å²) < 4.78 is 11.1. The maximum atomic E-state index is 12.9. The number of hydrogen-bond donors (Lipinski definition) is 0. The number of hydrogen-bond acceptors (Lipinski definition) is 7. The van der Waals surface area contributed by atoms with Crippen LogP contribution in [0, 0.1) is 0 Å². The maximum Gasteiger partial charge on any atom is 0.277 e. The number of nitrogens with zero attached hydrogens (tertiary/aromatic N) is 4. The van der Waals surface area contributed by atoms with Gasteiger partial charge in [-0.1, -0.05) is 29.4 Å². The Labute approximate surface area is 182 Å². The number of benzene rings is 1. The summed E-state index contributed by atoms with van der Waals surface area (Å²) >= 11 is 7.10. The van der Waals surface area contributed by atoms with Crippen LogP contribution in [0.5, 0.6) is 0 Å². The minimum absolute atomic E-state index is 0.0773. The molecule has 3 heterocycles. The van der Waals surface area contributed by atoms with Crippen molar-refractivity contribution in [3.05, 3.63) is 83.5 Å². The van der Waals surface area contributed by atoms with E-state index >= 15 is 0 Å². The van der Waals surface area contributed by atoms with Crippen LogP contribution < -0.4 is 0 Å². The number of rotatable bonds is 8. The van der Waals surface area contributed by atoms with Crippen molar-refractivity contribution in [1.29, 1.82) is 0 Å². The average molecular weight is 441 g/mol. The summed E-state index contributed by atoms with van der Waals surface area (Å²) in [6.07, 6.45) is 5.03. The Hall–Kier alpha value is -3.10. The van der Waals surface area contributed by atoms with Crippen molar-refractivity contribution in [2.75, 3.05) is 5.75 Å². The number of thioether (sulfide) groups is 1. The second-order valence-electron chi connectivity index (χ2n) is 6.36. The van der Waals surface area contributed by atoms with Crippen LogP contribution in [-0.4, -0.2) is 31.7 Å². The smallest absolute Gasteiger partial charge is 0.277 e. The predicted octanol–water partition coefficient (Wildman–Crippen LogP) is 4.70. The molecule has 0 aliphatic rings. The molecular weight excluding hydrogens is 424 g/mol. The minimum atomic E-state index is -0.0773. The molecule has 30 heavy (non-hydrogen) atoms. The first-order valence-corrected chi connectivity index (χ1v) is 10.4. The lowest BCUT2D eigenvalue weighted by atomic mass is 10.2. The number of amides is 1. The van der Waals surface area contributed by atoms with Crippen LogP contribution in [-0.2, 0) is 17.9 Å². The first-order valence-electron chi connectivity index (χ1n) is 9.09. The Morgan fingerprint density at radius 1 is 1.07 bits per heavy atom. The van der Waals surface area contributed by atoms with Crippen LogP contribution in [0.4, 0.5) is 0 Å². The Morgan fingerprint density at radius 3 is 2.67 bits per heavy atom. The third-order valence-electron chi connectivity index (χ3n) is 4.19. The van der Waals surface area contributed by atoms with Gasteiger partial charge in [0.15, 0.2) is 0 Å². The van der Waals surface area contributed by atoms with Gasteiger partial charge in [0.2, 0.25) is 11.8 Å². The summed E-state index contributed by atoms with van der Waals surface area (Å²) in [4.78, 5) is 18.7. The van der Waals surface area contributed by atoms with Gasteiger partial charge in [0, 0.05) is 29.5 Å². The van der Waals surface area contributed by atoms with E-state index in [4.69, 9.17) is 20.4 Å². The number of carbonyl (C=O) groups is 1. The Balaban J connectivity index is 1.41. The van der Waals surface area contributed by atoms with Gasteiger partial charge in [-0.05, 0) is 48.0 Å². The van der Waals surface area contributed by atoms with Crippen molar-refractivity contribution < 1.29 is 13.6 Å². The van der Waals surface area contributed by atoms with E-state index in [9.17, 15) is 4.79 Å². The molecule has 3 aromatic heterocycles. The van der Waals surface area contributed by atoms with Crippen LogP contribution in [0.25, 0.3) is 11.5 Å². The van der Waals surface area contributed by atoms with E-state index in [-0.39, 0.29) is 11.7 Å². The Bertz CT molecular complexity index is 1090. The molecular formula is C21H17ClN4O3S. The number of furan rings is 1. The van der Waals surface area contributed by atoms with Gasteiger partial charge in [0.05, 0.1) is 18.6 Å². The summed E-state index contributed by atoms with van der Waals surface area (Å²) in [5.41, 5.74) is 1.70. The van der Waals surface area contributed by atoms with E-state index in [1.165, 1.54) is 11.8 Å². The highest BCUT2D eigenvalue weighted by Gasteiger charge is 2.18. The summed E-state index contributed by atoms with van der Waals surface area (Å²) in [6, 6.07) is 14.5. The Morgan fingerprint density at radius 2 is 1.93 bits per heavy atom. The SMILES string of the molecule is O=C(CSc1nnc(-c2ccc(Cl)cc2)o1)N(Cc1cccnc1)Cc1ccco1. The number of pyridine rings is 1. The second kappa shape index (κ2) is 9.60. The van der Waals surface area contributed by atoms with Gasteiger partial charge in [-0.25, -0.2) is 0 Å². The van der Waals surface area contributed by atoms with Crippen molar-refractivity contribution in [3.63, 3.8) is 0 Å². The van der Waals surface area contributed by atoms with E-state index in [1.807, 2.05) is 18.2 Å². The van der Waals surface area contributed by atoms with Crippen molar-refractivity contribution in [3.8, 4) is 11.5 Å². The van der Waals surface area contributed by atoms with Crippen LogP contribution in [0.1, 0.15) is 11.3 Å². The number of carbonyl (C=O) groups excluding carboxylic acids is 1. The van der Waals surface area contributed by atoms with Gasteiger partial charge < -0.3 is 13.7 Å². The van der Waals surface area contributed by atoms with E-state index in [1.54, 1.807) is 53.9 Å². The molecule has 0 spiro atoms. The first kappa shape index (κ1) is 20.2. The fourth-order valence-corrected chi connectivity index (χ4v) is 3.52. The highest BCUT2D eigenvalue weighted by molar-refractivity contribution is 7.99. The summed E-state index contributed by atoms with van der Waals surface area (Å²) in [6.45, 7) is 0.787. The quantitative estimate of drug-likeness (QED) is 0.367. The number of halogens is 1. The molecule has 4 aromatic rings. The zero-order valence-electron chi connectivity index (χ0n) is 15.8. The van der Waals surface area contributed by atoms with E-state index in [0.717, 1.165) is 11.1 Å². The standard InChI is InChI=1S/C21H17ClN4O3S/c22-17-7-5-16(6-8-17)20-24-25-21(29-20)30-14-19(27)26(13-18-4-2-10-28-18)12-15-3-1-9-23-11-15/h1-11H,12-14H2. The normalized spacial score (nSPS) is 10.8. The molecule has 9 heteroatoms. The molecule has 0 saturated carbocycles. The topological polar surface area (TPSA) is 85.3 Å². The maximum absolute atomic E-state index is 12.9. The predicted molar refractivity (Wildman–Crippen MR) is 113 cm³/mol. The molecule has 4 rings (SSSR count). The van der Waals surface area contributed by atoms with Crippen molar-refractivity contribution in [1.82, 2.24) is 20.1 Å². The lowest BCUT2D eigenvalue weighted by Gasteiger charge is -2.21. The molecule has 0 atom stereocenters. The highest BCUT2D eigenvalue weighted by atomic mass is 35.5. The van der Waals surface area contributed by atoms with Crippen molar-refractivity contribution in [2.24, 2.45) is 0 Å². The first-order chi connectivity index (χ1) is 14.7. The van der Waals surface area contributed by atoms with Gasteiger partial charge in [-0.3, -0.25) is 9.78 Å². The van der Waals surface area contributed by atoms with E-state index in [0.29, 0.717) is 35.0 Å². The molecule has 0 saturated heterocycles. The van der Waals surface area contributed by atoms with Gasteiger partial charge in [-0.15, -0.1) is 10.2 Å². The lowest BCUT2D eigenvalue weighted by Crippen LogP contribution is -2.31. The van der Waals surface area contributed by atoms with Crippen molar-refractivity contribution >= 4 is 29.3 Å². The molecule has 0 N–H and O–H groups in total. The zero-order valence-corrected chi connectivity index (χ0v) is 17.3. The fraction of sp³-hybridized carbons (Fsp3) is 0.143. The number of aromatic nitrogens is 3. The van der Waals surface area contributed by atoms with Crippen molar-refractivity contribution in [2.45, 2.75) is 18.3 Å². The molecule has 1 amide bonds. The third-order valence-corrected chi connectivity index (χ3v) is 5.25. The van der Waals surface area contributed by atoms with Crippen LogP contribution in [0.3, 0.4) is 0 Å². The summed E-state index contributed by atoms with van der Waals surface area (Å²) in [5, 5.41) is 9.01. The van der Waals surface area contributed by atoms with E-state index < -0.39 is 0 Å². The van der Waals surface area contributed by atoms with Gasteiger partial charge in [0.1, 0.15) is 5.76 Å². The second-order valence-corrected chi connectivity index (χ2v) is 7.72. The fourth-order valence-electron chi connectivity index (χ4n) is 2.73. The average Bonchev–Trinajstić information content (AvgIpc) is 3.45. The molecule has 152 valence electrons. The molecule has 7 nitrogen and oxygen atoms in total. The monoisotopic (exact) mass is 440 g/mol. The lowest BCUT2D eigenvalue weighted by molar-refractivity contribution is -0.129. The molecule has 0 unspecified atom stereocenters. The summed E-state index contributed by atoms with van der Waals surface area (Å²) in [5.74, 6) is 1.17. The van der Waals surface area contributed by atoms with Gasteiger partial charge in [-0.2, -0.15) is 0 Å². The van der Waals surface area contributed by atoms with Gasteiger partial charge >= 0.3 is 0 Å². The molecule has 0 radical (unpaired) electrons. The zero-order chi connectivity index (χ0) is 20.8. The van der Waals surface area contributed by atoms with Crippen LogP contribution in [0.2, 0.25) is 5.02 Å². The summed E-state index contributed by atoms with van der Waals surface area (Å²) in [7, 11) is 0. The van der Waals surface area contributed by atoms with Crippen LogP contribution >= 0.6 is 23.4 Å². The van der Waals surface area contributed by atoms with E-state index in [2.05, 4.69) is 15.2 Å². The largest absolute Gasteiger partial charge is 0.467 e.